The first kappa shape index (κ1) is 17.6. The van der Waals surface area contributed by atoms with Gasteiger partial charge in [0, 0.05) is 26.2 Å². The Hall–Kier alpha value is -3.23. The summed E-state index contributed by atoms with van der Waals surface area (Å²) in [5.41, 5.74) is 0.654. The summed E-state index contributed by atoms with van der Waals surface area (Å²) in [5.74, 6) is -2.47. The van der Waals surface area contributed by atoms with Gasteiger partial charge in [0.25, 0.3) is 11.8 Å². The van der Waals surface area contributed by atoms with Crippen LogP contribution in [0.3, 0.4) is 0 Å². The van der Waals surface area contributed by atoms with Gasteiger partial charge >= 0.3 is 0 Å². The minimum atomic E-state index is -1.02. The Kier molecular flexibility index (Phi) is 4.45. The number of piperidine rings is 1. The zero-order chi connectivity index (χ0) is 19.0. The van der Waals surface area contributed by atoms with Gasteiger partial charge in [0.05, 0.1) is 17.7 Å². The molecule has 2 aliphatic rings. The quantitative estimate of drug-likeness (QED) is 0.707. The number of hydrogen-bond acceptors (Lipinski definition) is 6. The van der Waals surface area contributed by atoms with Crippen molar-refractivity contribution in [2.75, 3.05) is 26.0 Å². The molecule has 2 aliphatic heterocycles. The summed E-state index contributed by atoms with van der Waals surface area (Å²) in [4.78, 5) is 62.9. The fourth-order valence-corrected chi connectivity index (χ4v) is 2.99. The fraction of sp³-hybridized carbons (Fsp3) is 0.353. The smallest absolute Gasteiger partial charge is 0.264 e. The summed E-state index contributed by atoms with van der Waals surface area (Å²) in [5, 5.41) is 5.02. The Labute approximate surface area is 149 Å². The van der Waals surface area contributed by atoms with E-state index in [4.69, 9.17) is 0 Å². The number of rotatable bonds is 4. The summed E-state index contributed by atoms with van der Waals surface area (Å²) < 4.78 is 0. The van der Waals surface area contributed by atoms with Gasteiger partial charge in [-0.25, -0.2) is 0 Å². The lowest BCUT2D eigenvalue weighted by Gasteiger charge is -2.27. The van der Waals surface area contributed by atoms with Gasteiger partial charge in [-0.3, -0.25) is 34.2 Å². The van der Waals surface area contributed by atoms with Crippen LogP contribution in [0.2, 0.25) is 0 Å². The maximum atomic E-state index is 12.8. The molecule has 9 nitrogen and oxygen atoms in total. The van der Waals surface area contributed by atoms with E-state index in [1.54, 1.807) is 26.2 Å². The number of imide groups is 2. The molecule has 0 bridgehead atoms. The van der Waals surface area contributed by atoms with E-state index in [0.29, 0.717) is 5.69 Å². The van der Waals surface area contributed by atoms with Crippen molar-refractivity contribution in [3.05, 3.63) is 29.3 Å². The number of amides is 5. The second-order valence-electron chi connectivity index (χ2n) is 6.32. The molecule has 1 aromatic rings. The molecule has 0 spiro atoms. The molecule has 26 heavy (non-hydrogen) atoms. The van der Waals surface area contributed by atoms with E-state index in [2.05, 4.69) is 10.6 Å². The van der Waals surface area contributed by atoms with Gasteiger partial charge in [0.1, 0.15) is 6.04 Å². The molecule has 1 unspecified atom stereocenters. The average Bonchev–Trinajstić information content (AvgIpc) is 2.85. The highest BCUT2D eigenvalue weighted by Crippen LogP contribution is 2.32. The first-order chi connectivity index (χ1) is 12.3. The Balaban J connectivity index is 1.88. The molecule has 1 aromatic carbocycles. The standard InChI is InChI=1S/C17H18N4O5/c1-20(2)13(23)8-18-10-5-3-4-9-14(10)17(26)21(16(9)25)11-6-7-12(22)19-15(11)24/h3-5,11,18H,6-8H2,1-2H3,(H,19,22,24). The Bertz CT molecular complexity index is 832. The van der Waals surface area contributed by atoms with Crippen molar-refractivity contribution < 1.29 is 24.0 Å². The van der Waals surface area contributed by atoms with Crippen molar-refractivity contribution in [2.24, 2.45) is 0 Å². The van der Waals surface area contributed by atoms with E-state index >= 15 is 0 Å². The SMILES string of the molecule is CN(C)C(=O)CNc1cccc2c1C(=O)N(C1CCC(=O)NC1=O)C2=O. The van der Waals surface area contributed by atoms with E-state index in [0.717, 1.165) is 4.90 Å². The molecular weight excluding hydrogens is 340 g/mol. The van der Waals surface area contributed by atoms with Crippen molar-refractivity contribution in [1.82, 2.24) is 15.1 Å². The largest absolute Gasteiger partial charge is 0.375 e. The van der Waals surface area contributed by atoms with Gasteiger partial charge in [-0.05, 0) is 18.6 Å². The van der Waals surface area contributed by atoms with Crippen LogP contribution in [0.4, 0.5) is 5.69 Å². The molecule has 2 N–H and O–H groups in total. The zero-order valence-corrected chi connectivity index (χ0v) is 14.4. The maximum Gasteiger partial charge on any atom is 0.264 e. The van der Waals surface area contributed by atoms with E-state index in [1.165, 1.54) is 11.0 Å². The summed E-state index contributed by atoms with van der Waals surface area (Å²) in [6.07, 6.45) is 0.157. The van der Waals surface area contributed by atoms with E-state index < -0.39 is 29.7 Å². The lowest BCUT2D eigenvalue weighted by atomic mass is 10.0. The van der Waals surface area contributed by atoms with Crippen molar-refractivity contribution in [3.63, 3.8) is 0 Å². The van der Waals surface area contributed by atoms with Crippen LogP contribution in [0.1, 0.15) is 33.6 Å². The highest BCUT2D eigenvalue weighted by atomic mass is 16.2. The fourth-order valence-electron chi connectivity index (χ4n) is 2.99. The molecule has 2 heterocycles. The average molecular weight is 358 g/mol. The van der Waals surface area contributed by atoms with Crippen LogP contribution in [-0.2, 0) is 14.4 Å². The number of carbonyl (C=O) groups is 5. The number of nitrogens with zero attached hydrogens (tertiary/aromatic N) is 2. The van der Waals surface area contributed by atoms with Gasteiger partial charge in [-0.15, -0.1) is 0 Å². The molecule has 0 radical (unpaired) electrons. The molecule has 5 amide bonds. The third-order valence-corrected chi connectivity index (χ3v) is 4.40. The Morgan fingerprint density at radius 3 is 2.62 bits per heavy atom. The summed E-state index contributed by atoms with van der Waals surface area (Å²) in [7, 11) is 3.22. The van der Waals surface area contributed by atoms with E-state index in [-0.39, 0.29) is 36.4 Å². The maximum absolute atomic E-state index is 12.8. The number of anilines is 1. The number of fused-ring (bicyclic) bond motifs is 1. The second-order valence-corrected chi connectivity index (χ2v) is 6.32. The molecule has 0 saturated carbocycles. The highest BCUT2D eigenvalue weighted by Gasteiger charge is 2.45. The van der Waals surface area contributed by atoms with Crippen molar-refractivity contribution in [3.8, 4) is 0 Å². The molecule has 1 saturated heterocycles. The van der Waals surface area contributed by atoms with Crippen molar-refractivity contribution in [2.45, 2.75) is 18.9 Å². The number of nitrogens with one attached hydrogen (secondary N) is 2. The van der Waals surface area contributed by atoms with Crippen LogP contribution in [0, 0.1) is 0 Å². The van der Waals surface area contributed by atoms with Crippen LogP contribution in [0.25, 0.3) is 0 Å². The molecule has 3 rings (SSSR count). The molecule has 1 fully saturated rings. The Morgan fingerprint density at radius 2 is 1.96 bits per heavy atom. The van der Waals surface area contributed by atoms with Crippen LogP contribution >= 0.6 is 0 Å². The normalized spacial score (nSPS) is 19.3. The van der Waals surface area contributed by atoms with Crippen LogP contribution in [0.15, 0.2) is 18.2 Å². The number of likely N-dealkylation sites (N-methyl/N-ethyl adjacent to an activating group) is 1. The van der Waals surface area contributed by atoms with Crippen LogP contribution < -0.4 is 10.6 Å². The van der Waals surface area contributed by atoms with Gasteiger partial charge in [-0.2, -0.15) is 0 Å². The minimum absolute atomic E-state index is 0.0384. The minimum Gasteiger partial charge on any atom is -0.375 e. The predicted molar refractivity (Wildman–Crippen MR) is 90.3 cm³/mol. The molecule has 1 atom stereocenters. The lowest BCUT2D eigenvalue weighted by molar-refractivity contribution is -0.136. The van der Waals surface area contributed by atoms with Gasteiger partial charge in [0.15, 0.2) is 0 Å². The number of benzene rings is 1. The molecular formula is C17H18N4O5. The topological polar surface area (TPSA) is 116 Å². The van der Waals surface area contributed by atoms with E-state index in [9.17, 15) is 24.0 Å². The first-order valence-electron chi connectivity index (χ1n) is 8.10. The number of hydrogen-bond donors (Lipinski definition) is 2. The van der Waals surface area contributed by atoms with Crippen molar-refractivity contribution >= 4 is 35.2 Å². The van der Waals surface area contributed by atoms with Gasteiger partial charge < -0.3 is 10.2 Å². The second kappa shape index (κ2) is 6.58. The van der Waals surface area contributed by atoms with Crippen molar-refractivity contribution in [1.29, 1.82) is 0 Å². The molecule has 9 heteroatoms. The molecule has 0 aromatic heterocycles. The number of carbonyl (C=O) groups excluding carboxylic acids is 5. The van der Waals surface area contributed by atoms with Gasteiger partial charge in [-0.1, -0.05) is 6.07 Å². The molecule has 0 aliphatic carbocycles. The first-order valence-corrected chi connectivity index (χ1v) is 8.10. The van der Waals surface area contributed by atoms with Gasteiger partial charge in [0.2, 0.25) is 17.7 Å². The van der Waals surface area contributed by atoms with Crippen LogP contribution in [-0.4, -0.2) is 66.0 Å². The monoisotopic (exact) mass is 358 g/mol. The summed E-state index contributed by atoms with van der Waals surface area (Å²) in [6.45, 7) is -0.0384. The molecule has 136 valence electrons. The third kappa shape index (κ3) is 2.92. The summed E-state index contributed by atoms with van der Waals surface area (Å²) >= 11 is 0. The van der Waals surface area contributed by atoms with E-state index in [1.807, 2.05) is 0 Å². The lowest BCUT2D eigenvalue weighted by Crippen LogP contribution is -2.54. The summed E-state index contributed by atoms with van der Waals surface area (Å²) in [6, 6.07) is 3.68. The van der Waals surface area contributed by atoms with Crippen LogP contribution in [0.5, 0.6) is 0 Å². The predicted octanol–water partition coefficient (Wildman–Crippen LogP) is -0.412. The Morgan fingerprint density at radius 1 is 1.23 bits per heavy atom. The third-order valence-electron chi connectivity index (χ3n) is 4.40. The zero-order valence-electron chi connectivity index (χ0n) is 14.4. The highest BCUT2D eigenvalue weighted by molar-refractivity contribution is 6.25.